The molecule has 0 aromatic rings. The summed E-state index contributed by atoms with van der Waals surface area (Å²) in [4.78, 5) is 32.3. The maximum Gasteiger partial charge on any atom is 0.339 e. The van der Waals surface area contributed by atoms with Crippen LogP contribution in [0.4, 0.5) is 4.79 Å². The highest BCUT2D eigenvalue weighted by Gasteiger charge is 2.51. The van der Waals surface area contributed by atoms with Crippen molar-refractivity contribution in [1.29, 1.82) is 0 Å². The average molecular weight is 172 g/mol. The van der Waals surface area contributed by atoms with E-state index < -0.39 is 23.4 Å². The number of imide groups is 1. The van der Waals surface area contributed by atoms with Gasteiger partial charge in [0.2, 0.25) is 5.54 Å². The van der Waals surface area contributed by atoms with Crippen molar-refractivity contribution in [1.82, 2.24) is 10.6 Å². The van der Waals surface area contributed by atoms with Gasteiger partial charge in [-0.15, -0.1) is 0 Å². The van der Waals surface area contributed by atoms with Crippen molar-refractivity contribution < 1.29 is 19.5 Å². The third-order valence-corrected chi connectivity index (χ3v) is 1.84. The molecule has 0 spiro atoms. The molecule has 3 amide bonds. The molecule has 1 aliphatic rings. The Morgan fingerprint density at radius 1 is 1.58 bits per heavy atom. The van der Waals surface area contributed by atoms with Gasteiger partial charge >= 0.3 is 12.0 Å². The van der Waals surface area contributed by atoms with Crippen molar-refractivity contribution in [3.8, 4) is 0 Å². The van der Waals surface area contributed by atoms with Crippen LogP contribution >= 0.6 is 0 Å². The molecular weight excluding hydrogens is 164 g/mol. The molecule has 12 heavy (non-hydrogen) atoms. The van der Waals surface area contributed by atoms with Crippen molar-refractivity contribution in [2.24, 2.45) is 0 Å². The molecule has 0 aromatic carbocycles. The van der Waals surface area contributed by atoms with Gasteiger partial charge < -0.3 is 10.4 Å². The molecule has 1 atom stereocenters. The zero-order chi connectivity index (χ0) is 9.35. The minimum atomic E-state index is -1.77. The Kier molecular flexibility index (Phi) is 1.75. The summed E-state index contributed by atoms with van der Waals surface area (Å²) < 4.78 is 0. The summed E-state index contributed by atoms with van der Waals surface area (Å²) in [5.74, 6) is -2.14. The van der Waals surface area contributed by atoms with E-state index in [1.807, 2.05) is 5.32 Å². The second kappa shape index (κ2) is 2.47. The van der Waals surface area contributed by atoms with Gasteiger partial charge in [0.25, 0.3) is 5.91 Å². The third-order valence-electron chi connectivity index (χ3n) is 1.84. The number of carbonyl (C=O) groups excluding carboxylic acids is 2. The van der Waals surface area contributed by atoms with Crippen LogP contribution < -0.4 is 10.6 Å². The molecule has 6 heteroatoms. The van der Waals surface area contributed by atoms with Gasteiger partial charge in [0.1, 0.15) is 0 Å². The minimum Gasteiger partial charge on any atom is -0.479 e. The Morgan fingerprint density at radius 3 is 2.33 bits per heavy atom. The van der Waals surface area contributed by atoms with Crippen LogP contribution in [0.1, 0.15) is 13.3 Å². The largest absolute Gasteiger partial charge is 0.479 e. The zero-order valence-electron chi connectivity index (χ0n) is 6.38. The van der Waals surface area contributed by atoms with Gasteiger partial charge in [-0.1, -0.05) is 6.92 Å². The first-order valence-electron chi connectivity index (χ1n) is 3.40. The summed E-state index contributed by atoms with van der Waals surface area (Å²) in [6.07, 6.45) is 0.0277. The van der Waals surface area contributed by atoms with Crippen LogP contribution in [-0.4, -0.2) is 28.6 Å². The third kappa shape index (κ3) is 0.919. The van der Waals surface area contributed by atoms with Crippen molar-refractivity contribution in [3.63, 3.8) is 0 Å². The van der Waals surface area contributed by atoms with Crippen LogP contribution in [0, 0.1) is 0 Å². The Hall–Kier alpha value is -1.59. The molecule has 1 rings (SSSR count). The summed E-state index contributed by atoms with van der Waals surface area (Å²) in [5.41, 5.74) is -1.77. The molecule has 0 radical (unpaired) electrons. The lowest BCUT2D eigenvalue weighted by molar-refractivity contribution is -0.148. The van der Waals surface area contributed by atoms with E-state index in [4.69, 9.17) is 5.11 Å². The molecule has 1 heterocycles. The van der Waals surface area contributed by atoms with E-state index in [9.17, 15) is 14.4 Å². The van der Waals surface area contributed by atoms with Gasteiger partial charge in [-0.3, -0.25) is 10.1 Å². The molecule has 0 aliphatic carbocycles. The van der Waals surface area contributed by atoms with E-state index >= 15 is 0 Å². The molecule has 0 aromatic heterocycles. The van der Waals surface area contributed by atoms with Gasteiger partial charge in [-0.25, -0.2) is 9.59 Å². The zero-order valence-corrected chi connectivity index (χ0v) is 6.38. The van der Waals surface area contributed by atoms with E-state index in [0.717, 1.165) is 0 Å². The number of hydrogen-bond acceptors (Lipinski definition) is 3. The number of carbonyl (C=O) groups is 3. The van der Waals surface area contributed by atoms with Crippen LogP contribution in [0.5, 0.6) is 0 Å². The standard InChI is InChI=1S/C6H8N2O4/c1-2-6(4(10)11)3(9)7-5(12)8-6/h2H2,1H3,(H,10,11)(H2,7,8,9,12). The molecule has 66 valence electrons. The van der Waals surface area contributed by atoms with Crippen molar-refractivity contribution in [3.05, 3.63) is 0 Å². The van der Waals surface area contributed by atoms with Crippen LogP contribution in [0.2, 0.25) is 0 Å². The predicted octanol–water partition coefficient (Wildman–Crippen LogP) is -0.941. The first-order valence-corrected chi connectivity index (χ1v) is 3.40. The van der Waals surface area contributed by atoms with E-state index in [0.29, 0.717) is 0 Å². The fraction of sp³-hybridized carbons (Fsp3) is 0.500. The monoisotopic (exact) mass is 172 g/mol. The SMILES string of the molecule is CCC1(C(=O)O)NC(=O)NC1=O. The Balaban J connectivity index is 3.02. The normalized spacial score (nSPS) is 28.1. The molecule has 0 bridgehead atoms. The minimum absolute atomic E-state index is 0.0277. The summed E-state index contributed by atoms with van der Waals surface area (Å²) in [5, 5.41) is 12.6. The number of urea groups is 1. The summed E-state index contributed by atoms with van der Waals surface area (Å²) in [6, 6.07) is -0.760. The van der Waals surface area contributed by atoms with Crippen LogP contribution in [0.25, 0.3) is 0 Å². The quantitative estimate of drug-likeness (QED) is 0.370. The summed E-state index contributed by atoms with van der Waals surface area (Å²) in [6.45, 7) is 1.51. The fourth-order valence-corrected chi connectivity index (χ4v) is 1.04. The number of nitrogens with one attached hydrogen (secondary N) is 2. The predicted molar refractivity (Wildman–Crippen MR) is 37.3 cm³/mol. The molecule has 1 fully saturated rings. The lowest BCUT2D eigenvalue weighted by atomic mass is 9.97. The smallest absolute Gasteiger partial charge is 0.339 e. The first kappa shape index (κ1) is 8.51. The molecule has 3 N–H and O–H groups in total. The number of rotatable bonds is 2. The van der Waals surface area contributed by atoms with Crippen LogP contribution in [0.3, 0.4) is 0 Å². The van der Waals surface area contributed by atoms with E-state index in [1.165, 1.54) is 6.92 Å². The van der Waals surface area contributed by atoms with E-state index in [2.05, 4.69) is 5.32 Å². The van der Waals surface area contributed by atoms with Gasteiger partial charge in [0.05, 0.1) is 0 Å². The second-order valence-corrected chi connectivity index (χ2v) is 2.47. The number of carboxylic acids is 1. The Morgan fingerprint density at radius 2 is 2.17 bits per heavy atom. The highest BCUT2D eigenvalue weighted by molar-refractivity contribution is 6.18. The van der Waals surface area contributed by atoms with Crippen molar-refractivity contribution >= 4 is 17.9 Å². The van der Waals surface area contributed by atoms with Crippen LogP contribution in [0.15, 0.2) is 0 Å². The van der Waals surface area contributed by atoms with Gasteiger partial charge in [0.15, 0.2) is 0 Å². The maximum absolute atomic E-state index is 11.0. The second-order valence-electron chi connectivity index (χ2n) is 2.47. The highest BCUT2D eigenvalue weighted by atomic mass is 16.4. The number of amides is 3. The average Bonchev–Trinajstić information content (AvgIpc) is 2.26. The summed E-state index contributed by atoms with van der Waals surface area (Å²) >= 11 is 0. The lowest BCUT2D eigenvalue weighted by Gasteiger charge is -2.17. The molecule has 6 nitrogen and oxygen atoms in total. The van der Waals surface area contributed by atoms with Gasteiger partial charge in [-0.2, -0.15) is 0 Å². The Bertz CT molecular complexity index is 262. The molecule has 1 aliphatic heterocycles. The van der Waals surface area contributed by atoms with Gasteiger partial charge in [0, 0.05) is 0 Å². The molecule has 1 unspecified atom stereocenters. The van der Waals surface area contributed by atoms with Crippen LogP contribution in [-0.2, 0) is 9.59 Å². The number of aliphatic carboxylic acids is 1. The van der Waals surface area contributed by atoms with Crippen molar-refractivity contribution in [2.45, 2.75) is 18.9 Å². The number of carboxylic acid groups (broad SMARTS) is 1. The maximum atomic E-state index is 11.0. The molecular formula is C6H8N2O4. The topological polar surface area (TPSA) is 95.5 Å². The lowest BCUT2D eigenvalue weighted by Crippen LogP contribution is -2.53. The van der Waals surface area contributed by atoms with E-state index in [-0.39, 0.29) is 6.42 Å². The number of hydrogen-bond donors (Lipinski definition) is 3. The van der Waals surface area contributed by atoms with E-state index in [1.54, 1.807) is 0 Å². The fourth-order valence-electron chi connectivity index (χ4n) is 1.04. The molecule has 1 saturated heterocycles. The van der Waals surface area contributed by atoms with Gasteiger partial charge in [-0.05, 0) is 6.42 Å². The first-order chi connectivity index (χ1) is 5.53. The highest BCUT2D eigenvalue weighted by Crippen LogP contribution is 2.14. The summed E-state index contributed by atoms with van der Waals surface area (Å²) in [7, 11) is 0. The van der Waals surface area contributed by atoms with Crippen molar-refractivity contribution in [2.75, 3.05) is 0 Å². The molecule has 0 saturated carbocycles. The Labute approximate surface area is 67.9 Å².